The summed E-state index contributed by atoms with van der Waals surface area (Å²) < 4.78 is 10.7. The van der Waals surface area contributed by atoms with Crippen LogP contribution in [-0.2, 0) is 11.2 Å². The van der Waals surface area contributed by atoms with Crippen molar-refractivity contribution in [2.75, 3.05) is 19.7 Å². The van der Waals surface area contributed by atoms with E-state index in [0.29, 0.717) is 24.0 Å². The summed E-state index contributed by atoms with van der Waals surface area (Å²) in [5.41, 5.74) is 0. The van der Waals surface area contributed by atoms with Crippen LogP contribution < -0.4 is 5.32 Å². The summed E-state index contributed by atoms with van der Waals surface area (Å²) in [4.78, 5) is 11.3. The highest BCUT2D eigenvalue weighted by atomic mass is 16.5. The summed E-state index contributed by atoms with van der Waals surface area (Å²) in [7, 11) is 0. The quantitative estimate of drug-likeness (QED) is 0.777. The minimum Gasteiger partial charge on any atom is -0.375 e. The van der Waals surface area contributed by atoms with Crippen LogP contribution in [0, 0.1) is 0 Å². The number of rotatable bonds is 3. The Morgan fingerprint density at radius 1 is 1.47 bits per heavy atom. The van der Waals surface area contributed by atoms with Crippen LogP contribution in [0.4, 0.5) is 0 Å². The Morgan fingerprint density at radius 3 is 3.24 bits per heavy atom. The maximum Gasteiger partial charge on any atom is 0.238 e. The maximum absolute atomic E-state index is 5.57. The first-order valence-electron chi connectivity index (χ1n) is 5.56. The van der Waals surface area contributed by atoms with Crippen LogP contribution in [0.15, 0.2) is 16.9 Å². The predicted molar refractivity (Wildman–Crippen MR) is 58.2 cm³/mol. The van der Waals surface area contributed by atoms with Gasteiger partial charge in [0.15, 0.2) is 5.82 Å². The van der Waals surface area contributed by atoms with Gasteiger partial charge in [-0.05, 0) is 0 Å². The molecule has 90 valence electrons. The number of aromatic nitrogens is 4. The van der Waals surface area contributed by atoms with Gasteiger partial charge in [0.1, 0.15) is 0 Å². The smallest absolute Gasteiger partial charge is 0.238 e. The minimum absolute atomic E-state index is 0.105. The first-order chi connectivity index (χ1) is 8.42. The van der Waals surface area contributed by atoms with Crippen LogP contribution in [-0.4, -0.2) is 45.9 Å². The van der Waals surface area contributed by atoms with E-state index in [1.807, 2.05) is 0 Å². The largest absolute Gasteiger partial charge is 0.375 e. The van der Waals surface area contributed by atoms with Gasteiger partial charge >= 0.3 is 0 Å². The molecule has 2 N–H and O–H groups in total. The van der Waals surface area contributed by atoms with E-state index in [4.69, 9.17) is 9.26 Å². The van der Waals surface area contributed by atoms with E-state index >= 15 is 0 Å². The molecule has 3 heterocycles. The summed E-state index contributed by atoms with van der Waals surface area (Å²) in [5.74, 6) is 1.67. The number of hydrogen-bond acceptors (Lipinski definition) is 6. The van der Waals surface area contributed by atoms with Crippen molar-refractivity contribution in [1.29, 1.82) is 0 Å². The molecule has 1 aliphatic heterocycles. The van der Waals surface area contributed by atoms with Crippen molar-refractivity contribution in [1.82, 2.24) is 25.4 Å². The zero-order valence-electron chi connectivity index (χ0n) is 9.22. The highest BCUT2D eigenvalue weighted by Crippen LogP contribution is 2.12. The van der Waals surface area contributed by atoms with E-state index in [1.54, 1.807) is 12.4 Å². The number of H-pyrrole nitrogens is 1. The van der Waals surface area contributed by atoms with Crippen molar-refractivity contribution >= 4 is 0 Å². The first kappa shape index (κ1) is 10.4. The van der Waals surface area contributed by atoms with Gasteiger partial charge in [-0.1, -0.05) is 5.16 Å². The van der Waals surface area contributed by atoms with Gasteiger partial charge in [-0.2, -0.15) is 4.98 Å². The summed E-state index contributed by atoms with van der Waals surface area (Å²) in [6, 6.07) is 0. The number of nitrogens with one attached hydrogen (secondary N) is 2. The summed E-state index contributed by atoms with van der Waals surface area (Å²) in [6.07, 6.45) is 4.11. The van der Waals surface area contributed by atoms with Crippen molar-refractivity contribution in [3.05, 3.63) is 18.3 Å². The fraction of sp³-hybridized carbons (Fsp3) is 0.500. The molecule has 17 heavy (non-hydrogen) atoms. The molecule has 1 atom stereocenters. The molecule has 0 spiro atoms. The fourth-order valence-electron chi connectivity index (χ4n) is 1.77. The molecule has 3 rings (SSSR count). The first-order valence-corrected chi connectivity index (χ1v) is 5.56. The molecule has 0 aromatic carbocycles. The topological polar surface area (TPSA) is 88.9 Å². The van der Waals surface area contributed by atoms with E-state index in [0.717, 1.165) is 19.7 Å². The average molecular weight is 235 g/mol. The lowest BCUT2D eigenvalue weighted by molar-refractivity contribution is 0.0246. The van der Waals surface area contributed by atoms with Crippen LogP contribution in [0.1, 0.15) is 5.89 Å². The van der Waals surface area contributed by atoms with Gasteiger partial charge in [-0.3, -0.25) is 0 Å². The third kappa shape index (κ3) is 2.34. The Bertz CT molecular complexity index is 461. The third-order valence-corrected chi connectivity index (χ3v) is 2.58. The van der Waals surface area contributed by atoms with E-state index in [9.17, 15) is 0 Å². The normalized spacial score (nSPS) is 20.6. The summed E-state index contributed by atoms with van der Waals surface area (Å²) in [6.45, 7) is 2.44. The van der Waals surface area contributed by atoms with E-state index in [-0.39, 0.29) is 6.10 Å². The Labute approximate surface area is 97.6 Å². The second-order valence-electron chi connectivity index (χ2n) is 3.85. The molecule has 1 saturated heterocycles. The van der Waals surface area contributed by atoms with Crippen LogP contribution >= 0.6 is 0 Å². The number of imidazole rings is 1. The molecule has 2 aromatic heterocycles. The molecule has 0 radical (unpaired) electrons. The molecule has 2 aromatic rings. The highest BCUT2D eigenvalue weighted by molar-refractivity contribution is 5.40. The SMILES string of the molecule is c1c[nH]c(-c2noc(CC3CNCCO3)n2)n1. The van der Waals surface area contributed by atoms with Crippen molar-refractivity contribution < 1.29 is 9.26 Å². The maximum atomic E-state index is 5.57. The van der Waals surface area contributed by atoms with Crippen molar-refractivity contribution in [2.45, 2.75) is 12.5 Å². The Kier molecular flexibility index (Phi) is 2.85. The van der Waals surface area contributed by atoms with Crippen molar-refractivity contribution in [3.63, 3.8) is 0 Å². The molecular formula is C10H13N5O2. The molecule has 7 nitrogen and oxygen atoms in total. The zero-order chi connectivity index (χ0) is 11.5. The standard InChI is InChI=1S/C10H13N5O2/c1-2-13-9(12-1)10-14-8(17-15-10)5-7-6-11-3-4-16-7/h1-2,7,11H,3-6H2,(H,12,13). The van der Waals surface area contributed by atoms with Crippen molar-refractivity contribution in [3.8, 4) is 11.6 Å². The van der Waals surface area contributed by atoms with Crippen LogP contribution in [0.2, 0.25) is 0 Å². The van der Waals surface area contributed by atoms with Gasteiger partial charge in [-0.25, -0.2) is 4.98 Å². The summed E-state index contributed by atoms with van der Waals surface area (Å²) in [5, 5.41) is 7.12. The molecule has 0 saturated carbocycles. The van der Waals surface area contributed by atoms with Gasteiger partial charge in [0.05, 0.1) is 19.1 Å². The van der Waals surface area contributed by atoms with Crippen LogP contribution in [0.3, 0.4) is 0 Å². The molecule has 0 aliphatic carbocycles. The Balaban J connectivity index is 1.68. The van der Waals surface area contributed by atoms with Crippen molar-refractivity contribution in [2.24, 2.45) is 0 Å². The van der Waals surface area contributed by atoms with Crippen LogP contribution in [0.25, 0.3) is 11.6 Å². The van der Waals surface area contributed by atoms with E-state index < -0.39 is 0 Å². The molecule has 1 fully saturated rings. The van der Waals surface area contributed by atoms with Gasteiger partial charge in [0, 0.05) is 25.5 Å². The Hall–Kier alpha value is -1.73. The number of nitrogens with zero attached hydrogens (tertiary/aromatic N) is 3. The van der Waals surface area contributed by atoms with E-state index in [2.05, 4.69) is 25.4 Å². The molecule has 0 bridgehead atoms. The fourth-order valence-corrected chi connectivity index (χ4v) is 1.77. The number of ether oxygens (including phenoxy) is 1. The van der Waals surface area contributed by atoms with E-state index in [1.165, 1.54) is 0 Å². The van der Waals surface area contributed by atoms with Gasteiger partial charge in [0.25, 0.3) is 0 Å². The summed E-state index contributed by atoms with van der Waals surface area (Å²) >= 11 is 0. The zero-order valence-corrected chi connectivity index (χ0v) is 9.22. The number of hydrogen-bond donors (Lipinski definition) is 2. The molecule has 7 heteroatoms. The number of morpholine rings is 1. The second-order valence-corrected chi connectivity index (χ2v) is 3.85. The van der Waals surface area contributed by atoms with Crippen LogP contribution in [0.5, 0.6) is 0 Å². The molecule has 0 amide bonds. The van der Waals surface area contributed by atoms with Gasteiger partial charge < -0.3 is 19.6 Å². The molecule has 1 aliphatic rings. The second kappa shape index (κ2) is 4.64. The monoisotopic (exact) mass is 235 g/mol. The predicted octanol–water partition coefficient (Wildman–Crippen LogP) is -0.00940. The third-order valence-electron chi connectivity index (χ3n) is 2.58. The van der Waals surface area contributed by atoms with Gasteiger partial charge in [0.2, 0.25) is 11.7 Å². The minimum atomic E-state index is 0.105. The lowest BCUT2D eigenvalue weighted by Gasteiger charge is -2.21. The van der Waals surface area contributed by atoms with Gasteiger partial charge in [-0.15, -0.1) is 0 Å². The molecular weight excluding hydrogens is 222 g/mol. The average Bonchev–Trinajstić information content (AvgIpc) is 3.00. The molecule has 1 unspecified atom stereocenters. The lowest BCUT2D eigenvalue weighted by Crippen LogP contribution is -2.39. The number of aromatic amines is 1. The lowest BCUT2D eigenvalue weighted by atomic mass is 10.2. The Morgan fingerprint density at radius 2 is 2.47 bits per heavy atom. The highest BCUT2D eigenvalue weighted by Gasteiger charge is 2.18.